The van der Waals surface area contributed by atoms with Crippen LogP contribution in [0.15, 0.2) is 36.4 Å². The van der Waals surface area contributed by atoms with Crippen LogP contribution in [0.1, 0.15) is 38.7 Å². The largest absolute Gasteiger partial charge is 0.478 e. The Morgan fingerprint density at radius 2 is 2.00 bits per heavy atom. The number of aliphatic hydroxyl groups is 1. The van der Waals surface area contributed by atoms with Gasteiger partial charge < -0.3 is 10.2 Å². The van der Waals surface area contributed by atoms with Crippen LogP contribution in [0.2, 0.25) is 0 Å². The van der Waals surface area contributed by atoms with Gasteiger partial charge in [0.25, 0.3) is 0 Å². The van der Waals surface area contributed by atoms with Crippen LogP contribution in [-0.2, 0) is 6.42 Å². The van der Waals surface area contributed by atoms with Crippen LogP contribution < -0.4 is 0 Å². The molecular weight excluding hydrogens is 248 g/mol. The van der Waals surface area contributed by atoms with Crippen LogP contribution in [0.5, 0.6) is 0 Å². The molecule has 0 aliphatic heterocycles. The Balaban J connectivity index is 2.39. The number of carboxylic acids is 1. The van der Waals surface area contributed by atoms with Crippen LogP contribution in [0.25, 0.3) is 0 Å². The lowest BCUT2D eigenvalue weighted by Crippen LogP contribution is -2.06. The maximum atomic E-state index is 11.1. The molecule has 0 aliphatic rings. The summed E-state index contributed by atoms with van der Waals surface area (Å²) >= 11 is 1.51. The molecule has 2 rings (SSSR count). The highest BCUT2D eigenvalue weighted by Gasteiger charge is 2.19. The second-order valence-electron chi connectivity index (χ2n) is 3.95. The van der Waals surface area contributed by atoms with Crippen molar-refractivity contribution in [1.29, 1.82) is 0 Å². The minimum absolute atomic E-state index is 0.149. The molecule has 3 nitrogen and oxygen atoms in total. The van der Waals surface area contributed by atoms with Gasteiger partial charge in [0.05, 0.1) is 5.56 Å². The Bertz CT molecular complexity index is 560. The Morgan fingerprint density at radius 3 is 2.61 bits per heavy atom. The van der Waals surface area contributed by atoms with E-state index in [9.17, 15) is 9.90 Å². The van der Waals surface area contributed by atoms with Gasteiger partial charge >= 0.3 is 5.97 Å². The van der Waals surface area contributed by atoms with Gasteiger partial charge in [-0.15, -0.1) is 11.3 Å². The molecule has 1 atom stereocenters. The fraction of sp³-hybridized carbons (Fsp3) is 0.214. The Morgan fingerprint density at radius 1 is 1.28 bits per heavy atom. The van der Waals surface area contributed by atoms with E-state index in [2.05, 4.69) is 0 Å². The smallest absolute Gasteiger partial charge is 0.336 e. The monoisotopic (exact) mass is 262 g/mol. The molecule has 94 valence electrons. The van der Waals surface area contributed by atoms with Gasteiger partial charge in [-0.25, -0.2) is 4.79 Å². The quantitative estimate of drug-likeness (QED) is 0.890. The van der Waals surface area contributed by atoms with Crippen molar-refractivity contribution in [2.75, 3.05) is 0 Å². The first-order valence-electron chi connectivity index (χ1n) is 5.72. The van der Waals surface area contributed by atoms with E-state index in [1.165, 1.54) is 22.3 Å². The van der Waals surface area contributed by atoms with Gasteiger partial charge in [0, 0.05) is 15.3 Å². The maximum Gasteiger partial charge on any atom is 0.336 e. The van der Waals surface area contributed by atoms with E-state index < -0.39 is 12.1 Å². The highest BCUT2D eigenvalue weighted by molar-refractivity contribution is 7.12. The van der Waals surface area contributed by atoms with Crippen molar-refractivity contribution < 1.29 is 15.0 Å². The van der Waals surface area contributed by atoms with Crippen LogP contribution in [0, 0.1) is 0 Å². The molecule has 18 heavy (non-hydrogen) atoms. The zero-order chi connectivity index (χ0) is 13.1. The van der Waals surface area contributed by atoms with E-state index >= 15 is 0 Å². The van der Waals surface area contributed by atoms with Gasteiger partial charge in [-0.3, -0.25) is 0 Å². The zero-order valence-electron chi connectivity index (χ0n) is 9.96. The first-order valence-corrected chi connectivity index (χ1v) is 6.54. The average Bonchev–Trinajstić information content (AvgIpc) is 2.86. The van der Waals surface area contributed by atoms with Crippen molar-refractivity contribution in [3.05, 3.63) is 57.3 Å². The summed E-state index contributed by atoms with van der Waals surface area (Å²) in [6, 6.07) is 10.4. The van der Waals surface area contributed by atoms with E-state index in [1.54, 1.807) is 18.2 Å². The molecule has 2 N–H and O–H groups in total. The SMILES string of the molecule is CCc1ccc(C(O)c2ccccc2C(=O)O)s1. The van der Waals surface area contributed by atoms with E-state index in [1.807, 2.05) is 19.1 Å². The molecular formula is C14H14O3S. The summed E-state index contributed by atoms with van der Waals surface area (Å²) in [6.07, 6.45) is 0.0421. The first-order chi connectivity index (χ1) is 8.63. The lowest BCUT2D eigenvalue weighted by Gasteiger charge is -2.11. The molecule has 4 heteroatoms. The number of hydrogen-bond donors (Lipinski definition) is 2. The highest BCUT2D eigenvalue weighted by atomic mass is 32.1. The number of benzene rings is 1. The van der Waals surface area contributed by atoms with E-state index in [-0.39, 0.29) is 5.56 Å². The normalized spacial score (nSPS) is 12.3. The van der Waals surface area contributed by atoms with Crippen molar-refractivity contribution in [1.82, 2.24) is 0 Å². The number of thiophene rings is 1. The molecule has 2 aromatic rings. The summed E-state index contributed by atoms with van der Waals surface area (Å²) in [7, 11) is 0. The summed E-state index contributed by atoms with van der Waals surface area (Å²) in [6.45, 7) is 2.05. The van der Waals surface area contributed by atoms with E-state index in [0.29, 0.717) is 5.56 Å². The summed E-state index contributed by atoms with van der Waals surface area (Å²) in [5.41, 5.74) is 0.589. The van der Waals surface area contributed by atoms with Crippen molar-refractivity contribution >= 4 is 17.3 Å². The Hall–Kier alpha value is -1.65. The van der Waals surface area contributed by atoms with Crippen molar-refractivity contribution in [3.63, 3.8) is 0 Å². The molecule has 0 radical (unpaired) electrons. The number of carboxylic acid groups (broad SMARTS) is 1. The Kier molecular flexibility index (Phi) is 3.79. The third-order valence-electron chi connectivity index (χ3n) is 2.79. The molecule has 0 spiro atoms. The minimum atomic E-state index is -1.02. The minimum Gasteiger partial charge on any atom is -0.478 e. The summed E-state index contributed by atoms with van der Waals surface area (Å²) < 4.78 is 0. The fourth-order valence-electron chi connectivity index (χ4n) is 1.81. The molecule has 1 aromatic heterocycles. The number of carbonyl (C=O) groups is 1. The van der Waals surface area contributed by atoms with Gasteiger partial charge in [0.2, 0.25) is 0 Å². The molecule has 0 saturated heterocycles. The van der Waals surface area contributed by atoms with Gasteiger partial charge in [-0.2, -0.15) is 0 Å². The molecule has 0 bridgehead atoms. The van der Waals surface area contributed by atoms with Crippen molar-refractivity contribution in [2.24, 2.45) is 0 Å². The summed E-state index contributed by atoms with van der Waals surface area (Å²) in [5, 5.41) is 19.4. The second-order valence-corrected chi connectivity index (χ2v) is 5.15. The number of rotatable bonds is 4. The van der Waals surface area contributed by atoms with Gasteiger partial charge in [-0.05, 0) is 24.6 Å². The van der Waals surface area contributed by atoms with Gasteiger partial charge in [0.15, 0.2) is 0 Å². The average molecular weight is 262 g/mol. The van der Waals surface area contributed by atoms with Gasteiger partial charge in [0.1, 0.15) is 6.10 Å². The fourth-order valence-corrected chi connectivity index (χ4v) is 2.77. The molecule has 0 amide bonds. The maximum absolute atomic E-state index is 11.1. The molecule has 0 saturated carbocycles. The number of aliphatic hydroxyl groups excluding tert-OH is 1. The second kappa shape index (κ2) is 5.33. The van der Waals surface area contributed by atoms with Crippen LogP contribution in [-0.4, -0.2) is 16.2 Å². The van der Waals surface area contributed by atoms with E-state index in [0.717, 1.165) is 11.3 Å². The lowest BCUT2D eigenvalue weighted by molar-refractivity contribution is 0.0691. The zero-order valence-corrected chi connectivity index (χ0v) is 10.8. The molecule has 0 fully saturated rings. The molecule has 1 aromatic carbocycles. The van der Waals surface area contributed by atoms with Crippen molar-refractivity contribution in [2.45, 2.75) is 19.4 Å². The summed E-state index contributed by atoms with van der Waals surface area (Å²) in [5.74, 6) is -1.02. The molecule has 1 unspecified atom stereocenters. The molecule has 1 heterocycles. The predicted molar refractivity (Wildman–Crippen MR) is 71.2 cm³/mol. The van der Waals surface area contributed by atoms with E-state index in [4.69, 9.17) is 5.11 Å². The van der Waals surface area contributed by atoms with Crippen LogP contribution in [0.3, 0.4) is 0 Å². The molecule has 0 aliphatic carbocycles. The number of aryl methyl sites for hydroxylation is 1. The third kappa shape index (κ3) is 2.44. The standard InChI is InChI=1S/C14H14O3S/c1-2-9-7-8-12(18-9)13(15)10-5-3-4-6-11(10)14(16)17/h3-8,13,15H,2H2,1H3,(H,16,17). The number of aromatic carboxylic acids is 1. The number of hydrogen-bond acceptors (Lipinski definition) is 3. The van der Waals surface area contributed by atoms with Crippen LogP contribution in [0.4, 0.5) is 0 Å². The highest BCUT2D eigenvalue weighted by Crippen LogP contribution is 2.30. The Labute approximate surface area is 109 Å². The predicted octanol–water partition coefficient (Wildman–Crippen LogP) is 3.09. The first kappa shape index (κ1) is 12.8. The lowest BCUT2D eigenvalue weighted by atomic mass is 10.0. The topological polar surface area (TPSA) is 57.5 Å². The van der Waals surface area contributed by atoms with Gasteiger partial charge in [-0.1, -0.05) is 25.1 Å². The van der Waals surface area contributed by atoms with Crippen molar-refractivity contribution in [3.8, 4) is 0 Å². The van der Waals surface area contributed by atoms with Crippen LogP contribution >= 0.6 is 11.3 Å². The summed E-state index contributed by atoms with van der Waals surface area (Å²) in [4.78, 5) is 13.1. The third-order valence-corrected chi connectivity index (χ3v) is 4.07.